The number of aromatic nitrogens is 4. The number of piperazine rings is 1. The predicted octanol–water partition coefficient (Wildman–Crippen LogP) is 4.12. The molecule has 1 aliphatic carbocycles. The van der Waals surface area contributed by atoms with E-state index < -0.39 is 0 Å². The molecule has 2 aromatic carbocycles. The molecule has 0 N–H and O–H groups in total. The minimum Gasteiger partial charge on any atom is -0.454 e. The number of hydrogen-bond donors (Lipinski definition) is 0. The largest absolute Gasteiger partial charge is 0.454 e. The van der Waals surface area contributed by atoms with Crippen LogP contribution in [0.5, 0.6) is 11.5 Å². The smallest absolute Gasteiger partial charge is 0.231 e. The number of tetrazole rings is 1. The molecule has 3 heterocycles. The van der Waals surface area contributed by atoms with Crippen LogP contribution >= 0.6 is 0 Å². The van der Waals surface area contributed by atoms with Crippen molar-refractivity contribution in [3.05, 3.63) is 65.0 Å². The standard InChI is InChI=1S/C27H34N6O2/c1-20-7-10-22(11-8-20)26(27-28-29-30-33(27)23-5-3-2-4-6-23)32-15-13-31(14-16-32)18-21-9-12-24-25(17-21)35-19-34-24/h7-12,17,23,26H,2-6,13-16,18-19H2,1H3/t26-/m1/s1. The lowest BCUT2D eigenvalue weighted by Crippen LogP contribution is -2.48. The number of aryl methyl sites for hydroxylation is 1. The number of benzene rings is 2. The molecule has 2 fully saturated rings. The molecule has 1 atom stereocenters. The molecule has 3 aliphatic rings. The second-order valence-corrected chi connectivity index (χ2v) is 10.1. The van der Waals surface area contributed by atoms with Crippen molar-refractivity contribution in [2.24, 2.45) is 0 Å². The summed E-state index contributed by atoms with van der Waals surface area (Å²) >= 11 is 0. The van der Waals surface area contributed by atoms with Crippen LogP contribution in [0.15, 0.2) is 42.5 Å². The van der Waals surface area contributed by atoms with E-state index in [0.717, 1.165) is 50.0 Å². The number of rotatable bonds is 6. The molecular formula is C27H34N6O2. The quantitative estimate of drug-likeness (QED) is 0.532. The van der Waals surface area contributed by atoms with Gasteiger partial charge in [-0.3, -0.25) is 9.80 Å². The predicted molar refractivity (Wildman–Crippen MR) is 132 cm³/mol. The molecule has 3 aromatic rings. The van der Waals surface area contributed by atoms with Gasteiger partial charge in [-0.25, -0.2) is 4.68 Å². The van der Waals surface area contributed by atoms with Gasteiger partial charge in [-0.15, -0.1) is 5.10 Å². The van der Waals surface area contributed by atoms with Gasteiger partial charge < -0.3 is 9.47 Å². The first kappa shape index (κ1) is 22.5. The maximum Gasteiger partial charge on any atom is 0.231 e. The van der Waals surface area contributed by atoms with Gasteiger partial charge in [-0.1, -0.05) is 55.2 Å². The van der Waals surface area contributed by atoms with Gasteiger partial charge in [-0.2, -0.15) is 0 Å². The van der Waals surface area contributed by atoms with E-state index >= 15 is 0 Å². The molecule has 0 spiro atoms. The summed E-state index contributed by atoms with van der Waals surface area (Å²) in [5.41, 5.74) is 3.80. The molecule has 184 valence electrons. The minimum absolute atomic E-state index is 0.0696. The Labute approximate surface area is 206 Å². The Hall–Kier alpha value is -2.97. The maximum atomic E-state index is 5.57. The van der Waals surface area contributed by atoms with Crippen molar-refractivity contribution < 1.29 is 9.47 Å². The summed E-state index contributed by atoms with van der Waals surface area (Å²) in [6.07, 6.45) is 6.18. The van der Waals surface area contributed by atoms with Gasteiger partial charge in [0, 0.05) is 32.7 Å². The Kier molecular flexibility index (Phi) is 6.39. The molecular weight excluding hydrogens is 440 g/mol. The summed E-state index contributed by atoms with van der Waals surface area (Å²) in [7, 11) is 0. The highest BCUT2D eigenvalue weighted by atomic mass is 16.7. The molecule has 8 nitrogen and oxygen atoms in total. The molecule has 0 radical (unpaired) electrons. The average Bonchev–Trinajstić information content (AvgIpc) is 3.57. The Morgan fingerprint density at radius 3 is 2.49 bits per heavy atom. The van der Waals surface area contributed by atoms with Crippen molar-refractivity contribution in [2.45, 2.75) is 57.7 Å². The van der Waals surface area contributed by atoms with Crippen LogP contribution in [0.25, 0.3) is 0 Å². The summed E-state index contributed by atoms with van der Waals surface area (Å²) < 4.78 is 13.2. The van der Waals surface area contributed by atoms with Gasteiger partial charge in [-0.05, 0) is 53.5 Å². The number of fused-ring (bicyclic) bond motifs is 1. The van der Waals surface area contributed by atoms with Crippen LogP contribution in [0, 0.1) is 6.92 Å². The second kappa shape index (κ2) is 9.95. The lowest BCUT2D eigenvalue weighted by Gasteiger charge is -2.39. The van der Waals surface area contributed by atoms with Gasteiger partial charge in [0.1, 0.15) is 0 Å². The molecule has 0 unspecified atom stereocenters. The first-order valence-electron chi connectivity index (χ1n) is 12.9. The second-order valence-electron chi connectivity index (χ2n) is 10.1. The number of nitrogens with zero attached hydrogens (tertiary/aromatic N) is 6. The number of hydrogen-bond acceptors (Lipinski definition) is 7. The lowest BCUT2D eigenvalue weighted by atomic mass is 9.95. The van der Waals surface area contributed by atoms with Gasteiger partial charge in [0.15, 0.2) is 17.3 Å². The highest BCUT2D eigenvalue weighted by Crippen LogP contribution is 2.35. The van der Waals surface area contributed by atoms with Crippen molar-refractivity contribution in [3.63, 3.8) is 0 Å². The van der Waals surface area contributed by atoms with E-state index in [0.29, 0.717) is 12.8 Å². The Morgan fingerprint density at radius 2 is 1.69 bits per heavy atom. The van der Waals surface area contributed by atoms with E-state index in [2.05, 4.69) is 73.3 Å². The summed E-state index contributed by atoms with van der Waals surface area (Å²) in [5, 5.41) is 13.3. The highest BCUT2D eigenvalue weighted by Gasteiger charge is 2.32. The zero-order valence-electron chi connectivity index (χ0n) is 20.5. The van der Waals surface area contributed by atoms with Crippen molar-refractivity contribution in [2.75, 3.05) is 33.0 Å². The fourth-order valence-corrected chi connectivity index (χ4v) is 5.72. The van der Waals surface area contributed by atoms with Crippen LogP contribution in [0.4, 0.5) is 0 Å². The molecule has 6 rings (SSSR count). The van der Waals surface area contributed by atoms with Gasteiger partial charge in [0.05, 0.1) is 12.1 Å². The first-order valence-corrected chi connectivity index (χ1v) is 12.9. The molecule has 2 aliphatic heterocycles. The van der Waals surface area contributed by atoms with Gasteiger partial charge >= 0.3 is 0 Å². The molecule has 1 saturated heterocycles. The zero-order chi connectivity index (χ0) is 23.6. The van der Waals surface area contributed by atoms with Crippen LogP contribution in [0.1, 0.15) is 66.7 Å². The summed E-state index contributed by atoms with van der Waals surface area (Å²) in [6.45, 7) is 7.32. The van der Waals surface area contributed by atoms with Crippen molar-refractivity contribution in [1.29, 1.82) is 0 Å². The lowest BCUT2D eigenvalue weighted by molar-refractivity contribution is 0.0986. The van der Waals surface area contributed by atoms with Crippen LogP contribution < -0.4 is 9.47 Å². The molecule has 0 amide bonds. The Bertz CT molecular complexity index is 1130. The average molecular weight is 475 g/mol. The van der Waals surface area contributed by atoms with Crippen LogP contribution in [-0.2, 0) is 6.54 Å². The van der Waals surface area contributed by atoms with E-state index in [-0.39, 0.29) is 6.04 Å². The third-order valence-corrected chi connectivity index (χ3v) is 7.69. The SMILES string of the molecule is Cc1ccc([C@H](c2nnnn2C2CCCCC2)N2CCN(Cc3ccc4c(c3)OCO4)CC2)cc1. The molecule has 0 bridgehead atoms. The third kappa shape index (κ3) is 4.77. The van der Waals surface area contributed by atoms with Crippen LogP contribution in [0.2, 0.25) is 0 Å². The normalized spacial score (nSPS) is 20.3. The molecule has 8 heteroatoms. The molecule has 35 heavy (non-hydrogen) atoms. The first-order chi connectivity index (χ1) is 17.2. The monoisotopic (exact) mass is 474 g/mol. The molecule has 1 saturated carbocycles. The maximum absolute atomic E-state index is 5.57. The fourth-order valence-electron chi connectivity index (χ4n) is 5.72. The van der Waals surface area contributed by atoms with E-state index in [1.807, 2.05) is 6.07 Å². The van der Waals surface area contributed by atoms with Crippen molar-refractivity contribution >= 4 is 0 Å². The van der Waals surface area contributed by atoms with Gasteiger partial charge in [0.25, 0.3) is 0 Å². The Morgan fingerprint density at radius 1 is 0.914 bits per heavy atom. The Balaban J connectivity index is 1.20. The van der Waals surface area contributed by atoms with Crippen molar-refractivity contribution in [3.8, 4) is 11.5 Å². The topological polar surface area (TPSA) is 68.5 Å². The highest BCUT2D eigenvalue weighted by molar-refractivity contribution is 5.44. The fraction of sp³-hybridized carbons (Fsp3) is 0.519. The summed E-state index contributed by atoms with van der Waals surface area (Å²) in [6, 6.07) is 15.7. The minimum atomic E-state index is 0.0696. The molecule has 1 aromatic heterocycles. The van der Waals surface area contributed by atoms with Gasteiger partial charge in [0.2, 0.25) is 6.79 Å². The van der Waals surface area contributed by atoms with Crippen LogP contribution in [0.3, 0.4) is 0 Å². The van der Waals surface area contributed by atoms with E-state index in [4.69, 9.17) is 9.47 Å². The van der Waals surface area contributed by atoms with E-state index in [1.165, 1.54) is 48.8 Å². The summed E-state index contributed by atoms with van der Waals surface area (Å²) in [4.78, 5) is 5.08. The van der Waals surface area contributed by atoms with Crippen molar-refractivity contribution in [1.82, 2.24) is 30.0 Å². The van der Waals surface area contributed by atoms with E-state index in [9.17, 15) is 0 Å². The zero-order valence-corrected chi connectivity index (χ0v) is 20.5. The van der Waals surface area contributed by atoms with Crippen LogP contribution in [-0.4, -0.2) is 63.0 Å². The number of ether oxygens (including phenoxy) is 2. The third-order valence-electron chi connectivity index (χ3n) is 7.69. The van der Waals surface area contributed by atoms with E-state index in [1.54, 1.807) is 0 Å². The summed E-state index contributed by atoms with van der Waals surface area (Å²) in [5.74, 6) is 2.69.